The predicted octanol–water partition coefficient (Wildman–Crippen LogP) is 3.16. The summed E-state index contributed by atoms with van der Waals surface area (Å²) in [6, 6.07) is 8.48. The molecule has 32 heavy (non-hydrogen) atoms. The average Bonchev–Trinajstić information content (AvgIpc) is 3.43. The summed E-state index contributed by atoms with van der Waals surface area (Å²) in [5, 5.41) is 0. The lowest BCUT2D eigenvalue weighted by atomic mass is 10.1. The summed E-state index contributed by atoms with van der Waals surface area (Å²) in [4.78, 5) is 27.6. The number of rotatable bonds is 3. The molecule has 7 heteroatoms. The van der Waals surface area contributed by atoms with E-state index in [0.717, 1.165) is 54.2 Å². The maximum atomic E-state index is 13.1. The lowest BCUT2D eigenvalue weighted by Crippen LogP contribution is -2.50. The van der Waals surface area contributed by atoms with Crippen LogP contribution in [0.15, 0.2) is 47.7 Å². The fourth-order valence-electron chi connectivity index (χ4n) is 5.34. The van der Waals surface area contributed by atoms with Crippen LogP contribution in [0.4, 0.5) is 5.69 Å². The van der Waals surface area contributed by atoms with Crippen molar-refractivity contribution in [3.8, 4) is 11.3 Å². The number of fused-ring (bicyclic) bond motifs is 3. The van der Waals surface area contributed by atoms with Gasteiger partial charge in [-0.05, 0) is 56.5 Å². The predicted molar refractivity (Wildman–Crippen MR) is 127 cm³/mol. The molecule has 4 aromatic rings. The molecular weight excluding hydrogens is 400 g/mol. The second-order valence-corrected chi connectivity index (χ2v) is 9.09. The molecule has 7 nitrogen and oxygen atoms in total. The molecule has 164 valence electrons. The van der Waals surface area contributed by atoms with Gasteiger partial charge in [0, 0.05) is 55.9 Å². The Morgan fingerprint density at radius 2 is 1.97 bits per heavy atom. The van der Waals surface area contributed by atoms with E-state index in [1.807, 2.05) is 36.0 Å². The van der Waals surface area contributed by atoms with Crippen molar-refractivity contribution in [2.75, 3.05) is 31.1 Å². The van der Waals surface area contributed by atoms with Crippen LogP contribution in [0, 0.1) is 6.92 Å². The third-order valence-electron chi connectivity index (χ3n) is 7.02. The highest BCUT2D eigenvalue weighted by Crippen LogP contribution is 2.26. The van der Waals surface area contributed by atoms with Crippen LogP contribution in [-0.4, -0.2) is 55.9 Å². The topological polar surface area (TPSA) is 58.2 Å². The summed E-state index contributed by atoms with van der Waals surface area (Å²) in [6.45, 7) is 8.50. The van der Waals surface area contributed by atoms with Crippen molar-refractivity contribution in [3.63, 3.8) is 0 Å². The Morgan fingerprint density at radius 1 is 1.06 bits per heavy atom. The van der Waals surface area contributed by atoms with Crippen LogP contribution in [0.25, 0.3) is 22.6 Å². The molecule has 2 fully saturated rings. The molecule has 2 saturated heterocycles. The van der Waals surface area contributed by atoms with Crippen LogP contribution in [0.5, 0.6) is 0 Å². The van der Waals surface area contributed by atoms with E-state index in [1.165, 1.54) is 19.4 Å². The highest BCUT2D eigenvalue weighted by molar-refractivity contribution is 5.66. The summed E-state index contributed by atoms with van der Waals surface area (Å²) in [5.41, 5.74) is 6.47. The van der Waals surface area contributed by atoms with Crippen molar-refractivity contribution >= 4 is 17.0 Å². The van der Waals surface area contributed by atoms with Gasteiger partial charge in [0.25, 0.3) is 5.56 Å². The van der Waals surface area contributed by atoms with E-state index in [0.29, 0.717) is 17.4 Å². The molecule has 2 aliphatic rings. The standard InChI is InChI=1S/C25H28N6O/c1-3-18-11-19(14-30-13-17(2)26-25(18)30)22-12-24(32)31-16-21(6-7-23(31)27-22)29-10-9-28-8-4-5-20(28)15-29/h6-7,11-14,16,20H,3-5,8-10,15H2,1-2H3/t20-/m0/s1. The Bertz CT molecular complexity index is 1390. The number of hydrogen-bond donors (Lipinski definition) is 0. The Morgan fingerprint density at radius 3 is 2.84 bits per heavy atom. The molecule has 6 rings (SSSR count). The van der Waals surface area contributed by atoms with E-state index in [4.69, 9.17) is 4.98 Å². The first-order valence-electron chi connectivity index (χ1n) is 11.6. The maximum Gasteiger partial charge on any atom is 0.258 e. The minimum absolute atomic E-state index is 0.0497. The molecule has 0 saturated carbocycles. The van der Waals surface area contributed by atoms with Crippen LogP contribution < -0.4 is 10.5 Å². The number of aromatic nitrogens is 4. The van der Waals surface area contributed by atoms with E-state index < -0.39 is 0 Å². The number of imidazole rings is 1. The number of hydrogen-bond acceptors (Lipinski definition) is 5. The highest BCUT2D eigenvalue weighted by atomic mass is 16.1. The largest absolute Gasteiger partial charge is 0.367 e. The van der Waals surface area contributed by atoms with Gasteiger partial charge >= 0.3 is 0 Å². The van der Waals surface area contributed by atoms with Gasteiger partial charge in [-0.1, -0.05) is 6.92 Å². The summed E-state index contributed by atoms with van der Waals surface area (Å²) >= 11 is 0. The zero-order chi connectivity index (χ0) is 21.8. The van der Waals surface area contributed by atoms with Crippen molar-refractivity contribution in [2.45, 2.75) is 39.2 Å². The molecule has 4 aromatic heterocycles. The Kier molecular flexibility index (Phi) is 4.54. The highest BCUT2D eigenvalue weighted by Gasteiger charge is 2.30. The molecule has 0 bridgehead atoms. The molecule has 6 heterocycles. The second-order valence-electron chi connectivity index (χ2n) is 9.09. The molecular formula is C25H28N6O. The number of anilines is 1. The van der Waals surface area contributed by atoms with Crippen LogP contribution >= 0.6 is 0 Å². The third-order valence-corrected chi connectivity index (χ3v) is 7.02. The van der Waals surface area contributed by atoms with Crippen molar-refractivity contribution < 1.29 is 0 Å². The fourth-order valence-corrected chi connectivity index (χ4v) is 5.34. The molecule has 0 radical (unpaired) electrons. The first-order chi connectivity index (χ1) is 15.6. The van der Waals surface area contributed by atoms with Gasteiger partial charge < -0.3 is 9.30 Å². The van der Waals surface area contributed by atoms with Crippen LogP contribution in [0.1, 0.15) is 31.0 Å². The fraction of sp³-hybridized carbons (Fsp3) is 0.400. The normalized spacial score (nSPS) is 19.2. The molecule has 0 spiro atoms. The van der Waals surface area contributed by atoms with Gasteiger partial charge in [0.05, 0.1) is 17.1 Å². The zero-order valence-electron chi connectivity index (χ0n) is 18.7. The van der Waals surface area contributed by atoms with Gasteiger partial charge in [0.2, 0.25) is 0 Å². The summed E-state index contributed by atoms with van der Waals surface area (Å²) in [7, 11) is 0. The number of piperazine rings is 1. The van der Waals surface area contributed by atoms with Crippen molar-refractivity contribution in [1.29, 1.82) is 0 Å². The minimum Gasteiger partial charge on any atom is -0.367 e. The monoisotopic (exact) mass is 428 g/mol. The van der Waals surface area contributed by atoms with E-state index >= 15 is 0 Å². The molecule has 1 atom stereocenters. The van der Waals surface area contributed by atoms with E-state index in [9.17, 15) is 4.79 Å². The third kappa shape index (κ3) is 3.19. The SMILES string of the molecule is CCc1cc(-c2cc(=O)n3cc(N4CCN5CCC[C@H]5C4)ccc3n2)cn2cc(C)nc12. The molecule has 0 aromatic carbocycles. The van der Waals surface area contributed by atoms with Gasteiger partial charge in [0.15, 0.2) is 0 Å². The summed E-state index contributed by atoms with van der Waals surface area (Å²) in [6.07, 6.45) is 9.43. The first-order valence-corrected chi connectivity index (χ1v) is 11.6. The van der Waals surface area contributed by atoms with Gasteiger partial charge in [-0.3, -0.25) is 14.1 Å². The van der Waals surface area contributed by atoms with Crippen LogP contribution in [-0.2, 0) is 6.42 Å². The maximum absolute atomic E-state index is 13.1. The molecule has 0 amide bonds. The average molecular weight is 429 g/mol. The minimum atomic E-state index is -0.0497. The molecule has 0 N–H and O–H groups in total. The lowest BCUT2D eigenvalue weighted by Gasteiger charge is -2.38. The van der Waals surface area contributed by atoms with Crippen molar-refractivity contribution in [2.24, 2.45) is 0 Å². The molecule has 0 unspecified atom stereocenters. The number of aryl methyl sites for hydroxylation is 2. The van der Waals surface area contributed by atoms with Crippen LogP contribution in [0.2, 0.25) is 0 Å². The zero-order valence-corrected chi connectivity index (χ0v) is 18.7. The lowest BCUT2D eigenvalue weighted by molar-refractivity contribution is 0.231. The van der Waals surface area contributed by atoms with Gasteiger partial charge in [0.1, 0.15) is 11.3 Å². The smallest absolute Gasteiger partial charge is 0.258 e. The van der Waals surface area contributed by atoms with Crippen molar-refractivity contribution in [1.82, 2.24) is 23.7 Å². The van der Waals surface area contributed by atoms with Crippen molar-refractivity contribution in [3.05, 3.63) is 64.5 Å². The Hall–Kier alpha value is -3.19. The van der Waals surface area contributed by atoms with Gasteiger partial charge in [-0.25, -0.2) is 9.97 Å². The molecule has 2 aliphatic heterocycles. The Balaban J connectivity index is 1.38. The molecule has 0 aliphatic carbocycles. The quantitative estimate of drug-likeness (QED) is 0.502. The first kappa shape index (κ1) is 19.5. The van der Waals surface area contributed by atoms with E-state index in [2.05, 4.69) is 33.8 Å². The number of nitrogens with zero attached hydrogens (tertiary/aromatic N) is 6. The number of pyridine rings is 2. The summed E-state index contributed by atoms with van der Waals surface area (Å²) < 4.78 is 3.72. The van der Waals surface area contributed by atoms with Gasteiger partial charge in [-0.2, -0.15) is 0 Å². The second kappa shape index (κ2) is 7.45. The van der Waals surface area contributed by atoms with Crippen LogP contribution in [0.3, 0.4) is 0 Å². The van der Waals surface area contributed by atoms with E-state index in [-0.39, 0.29) is 5.56 Å². The van der Waals surface area contributed by atoms with E-state index in [1.54, 1.807) is 10.5 Å². The van der Waals surface area contributed by atoms with Gasteiger partial charge in [-0.15, -0.1) is 0 Å². The Labute approximate surface area is 186 Å². The summed E-state index contributed by atoms with van der Waals surface area (Å²) in [5.74, 6) is 0.